The smallest absolute Gasteiger partial charge is 0.0787 e. The number of ether oxygens (including phenoxy) is 1. The van der Waals surface area contributed by atoms with Gasteiger partial charge in [-0.3, -0.25) is 4.98 Å². The lowest BCUT2D eigenvalue weighted by molar-refractivity contribution is 0.0437. The Morgan fingerprint density at radius 1 is 1.22 bits per heavy atom. The molecule has 2 aromatic rings. The Hall–Kier alpha value is -1.45. The summed E-state index contributed by atoms with van der Waals surface area (Å²) in [6, 6.07) is 10.0. The van der Waals surface area contributed by atoms with Gasteiger partial charge in [0.15, 0.2) is 0 Å². The van der Waals surface area contributed by atoms with Crippen molar-refractivity contribution in [3.8, 4) is 0 Å². The van der Waals surface area contributed by atoms with Crippen molar-refractivity contribution in [3.05, 3.63) is 42.1 Å². The molecule has 0 bridgehead atoms. The second kappa shape index (κ2) is 5.46. The third kappa shape index (κ3) is 2.52. The largest absolute Gasteiger partial charge is 0.379 e. The van der Waals surface area contributed by atoms with Crippen LogP contribution in [0.4, 0.5) is 0 Å². The lowest BCUT2D eigenvalue weighted by atomic mass is 9.94. The first-order valence-electron chi connectivity index (χ1n) is 6.26. The number of nitrogens with two attached hydrogens (primary N) is 1. The summed E-state index contributed by atoms with van der Waals surface area (Å²) in [7, 11) is 1.71. The van der Waals surface area contributed by atoms with Crippen molar-refractivity contribution in [3.63, 3.8) is 0 Å². The van der Waals surface area contributed by atoms with Crippen molar-refractivity contribution in [2.45, 2.75) is 26.0 Å². The van der Waals surface area contributed by atoms with Crippen LogP contribution in [-0.2, 0) is 4.74 Å². The predicted molar refractivity (Wildman–Crippen MR) is 74.3 cm³/mol. The fourth-order valence-corrected chi connectivity index (χ4v) is 2.29. The number of para-hydroxylation sites is 1. The molecular weight excluding hydrogens is 224 g/mol. The van der Waals surface area contributed by atoms with Crippen LogP contribution >= 0.6 is 0 Å². The molecule has 0 amide bonds. The van der Waals surface area contributed by atoms with E-state index in [1.807, 2.05) is 24.4 Å². The lowest BCUT2D eigenvalue weighted by Gasteiger charge is -2.26. The topological polar surface area (TPSA) is 48.1 Å². The van der Waals surface area contributed by atoms with Crippen molar-refractivity contribution in [2.24, 2.45) is 11.7 Å². The molecule has 0 aliphatic heterocycles. The van der Waals surface area contributed by atoms with Crippen molar-refractivity contribution >= 4 is 10.9 Å². The van der Waals surface area contributed by atoms with Crippen molar-refractivity contribution < 1.29 is 4.74 Å². The summed E-state index contributed by atoms with van der Waals surface area (Å²) in [6.45, 7) is 4.23. The van der Waals surface area contributed by atoms with E-state index in [1.54, 1.807) is 7.11 Å². The van der Waals surface area contributed by atoms with Gasteiger partial charge in [-0.2, -0.15) is 0 Å². The van der Waals surface area contributed by atoms with E-state index < -0.39 is 0 Å². The van der Waals surface area contributed by atoms with E-state index in [2.05, 4.69) is 31.0 Å². The van der Waals surface area contributed by atoms with Gasteiger partial charge in [0.2, 0.25) is 0 Å². The lowest BCUT2D eigenvalue weighted by Crippen LogP contribution is -2.32. The van der Waals surface area contributed by atoms with Gasteiger partial charge in [0.05, 0.1) is 17.7 Å². The molecule has 2 rings (SSSR count). The highest BCUT2D eigenvalue weighted by Crippen LogP contribution is 2.24. The zero-order valence-electron chi connectivity index (χ0n) is 11.1. The highest BCUT2D eigenvalue weighted by molar-refractivity contribution is 5.78. The van der Waals surface area contributed by atoms with Crippen LogP contribution in [0.15, 0.2) is 36.5 Å². The van der Waals surface area contributed by atoms with Crippen molar-refractivity contribution in [1.29, 1.82) is 0 Å². The Morgan fingerprint density at radius 2 is 1.94 bits per heavy atom. The van der Waals surface area contributed by atoms with E-state index in [-0.39, 0.29) is 12.1 Å². The molecule has 1 heterocycles. The number of hydrogen-bond acceptors (Lipinski definition) is 3. The SMILES string of the molecule is COC(C(C)C)C(N)c1cnc2ccccc2c1. The van der Waals surface area contributed by atoms with E-state index in [0.717, 1.165) is 16.5 Å². The summed E-state index contributed by atoms with van der Waals surface area (Å²) in [6.07, 6.45) is 1.86. The second-order valence-electron chi connectivity index (χ2n) is 4.93. The second-order valence-corrected chi connectivity index (χ2v) is 4.93. The number of hydrogen-bond donors (Lipinski definition) is 1. The van der Waals surface area contributed by atoms with Gasteiger partial charge >= 0.3 is 0 Å². The number of methoxy groups -OCH3 is 1. The van der Waals surface area contributed by atoms with Crippen LogP contribution < -0.4 is 5.73 Å². The Bertz CT molecular complexity index is 525. The van der Waals surface area contributed by atoms with Gasteiger partial charge in [-0.25, -0.2) is 0 Å². The minimum Gasteiger partial charge on any atom is -0.379 e. The molecule has 0 saturated carbocycles. The summed E-state index contributed by atoms with van der Waals surface area (Å²) >= 11 is 0. The average molecular weight is 244 g/mol. The highest BCUT2D eigenvalue weighted by atomic mass is 16.5. The van der Waals surface area contributed by atoms with Crippen LogP contribution in [0.3, 0.4) is 0 Å². The zero-order valence-corrected chi connectivity index (χ0v) is 11.1. The van der Waals surface area contributed by atoms with E-state index in [4.69, 9.17) is 10.5 Å². The maximum absolute atomic E-state index is 6.28. The third-order valence-corrected chi connectivity index (χ3v) is 3.28. The molecule has 2 atom stereocenters. The summed E-state index contributed by atoms with van der Waals surface area (Å²) in [5.41, 5.74) is 8.29. The zero-order chi connectivity index (χ0) is 13.1. The van der Waals surface area contributed by atoms with Crippen LogP contribution in [0.1, 0.15) is 25.5 Å². The van der Waals surface area contributed by atoms with Gasteiger partial charge in [-0.05, 0) is 23.6 Å². The minimum absolute atomic E-state index is 0.00737. The van der Waals surface area contributed by atoms with E-state index in [1.165, 1.54) is 0 Å². The molecule has 3 nitrogen and oxygen atoms in total. The number of fused-ring (bicyclic) bond motifs is 1. The van der Waals surface area contributed by atoms with Crippen LogP contribution in [0.2, 0.25) is 0 Å². The van der Waals surface area contributed by atoms with Crippen molar-refractivity contribution in [1.82, 2.24) is 4.98 Å². The third-order valence-electron chi connectivity index (χ3n) is 3.28. The van der Waals surface area contributed by atoms with E-state index in [9.17, 15) is 0 Å². The number of pyridine rings is 1. The molecule has 0 fully saturated rings. The van der Waals surface area contributed by atoms with Gasteiger partial charge in [-0.1, -0.05) is 32.0 Å². The quantitative estimate of drug-likeness (QED) is 0.899. The molecule has 0 spiro atoms. The van der Waals surface area contributed by atoms with Gasteiger partial charge in [0.25, 0.3) is 0 Å². The fourth-order valence-electron chi connectivity index (χ4n) is 2.29. The first-order chi connectivity index (χ1) is 8.63. The first-order valence-corrected chi connectivity index (χ1v) is 6.26. The van der Waals surface area contributed by atoms with E-state index in [0.29, 0.717) is 5.92 Å². The normalized spacial score (nSPS) is 14.9. The maximum atomic E-state index is 6.28. The molecular formula is C15H20N2O. The maximum Gasteiger partial charge on any atom is 0.0787 e. The molecule has 1 aromatic heterocycles. The Morgan fingerprint density at radius 3 is 2.61 bits per heavy atom. The predicted octanol–water partition coefficient (Wildman–Crippen LogP) is 2.91. The summed E-state index contributed by atoms with van der Waals surface area (Å²) in [4.78, 5) is 4.44. The van der Waals surface area contributed by atoms with Crippen LogP contribution in [0.5, 0.6) is 0 Å². The monoisotopic (exact) mass is 244 g/mol. The Balaban J connectivity index is 2.35. The minimum atomic E-state index is -0.146. The van der Waals surface area contributed by atoms with Crippen molar-refractivity contribution in [2.75, 3.05) is 7.11 Å². The molecule has 2 N–H and O–H groups in total. The van der Waals surface area contributed by atoms with Gasteiger partial charge in [-0.15, -0.1) is 0 Å². The van der Waals surface area contributed by atoms with Gasteiger partial charge in [0.1, 0.15) is 0 Å². The summed E-state index contributed by atoms with van der Waals surface area (Å²) < 4.78 is 5.49. The standard InChI is InChI=1S/C15H20N2O/c1-10(2)15(18-3)14(16)12-8-11-6-4-5-7-13(11)17-9-12/h4-10,14-15H,16H2,1-3H3. The number of aromatic nitrogens is 1. The van der Waals surface area contributed by atoms with Crippen LogP contribution in [0, 0.1) is 5.92 Å². The fraction of sp³-hybridized carbons (Fsp3) is 0.400. The Labute approximate surface area is 108 Å². The summed E-state index contributed by atoms with van der Waals surface area (Å²) in [5, 5.41) is 1.11. The molecule has 1 aromatic carbocycles. The molecule has 3 heteroatoms. The Kier molecular flexibility index (Phi) is 3.94. The van der Waals surface area contributed by atoms with Crippen LogP contribution in [-0.4, -0.2) is 18.2 Å². The molecule has 96 valence electrons. The van der Waals surface area contributed by atoms with Gasteiger partial charge < -0.3 is 10.5 Å². The summed E-state index contributed by atoms with van der Waals surface area (Å²) in [5.74, 6) is 0.372. The molecule has 18 heavy (non-hydrogen) atoms. The average Bonchev–Trinajstić information content (AvgIpc) is 2.38. The molecule has 2 unspecified atom stereocenters. The number of rotatable bonds is 4. The molecule has 0 aliphatic carbocycles. The number of nitrogens with zero attached hydrogens (tertiary/aromatic N) is 1. The number of benzene rings is 1. The molecule has 0 aliphatic rings. The molecule has 0 saturated heterocycles. The first kappa shape index (κ1) is 13.0. The van der Waals surface area contributed by atoms with E-state index >= 15 is 0 Å². The van der Waals surface area contributed by atoms with Crippen LogP contribution in [0.25, 0.3) is 10.9 Å². The highest BCUT2D eigenvalue weighted by Gasteiger charge is 2.22. The molecule has 0 radical (unpaired) electrons. The van der Waals surface area contributed by atoms with Gasteiger partial charge in [0, 0.05) is 18.7 Å².